The molecule has 0 spiro atoms. The number of aromatic amines is 1. The molecule has 2 heterocycles. The Morgan fingerprint density at radius 1 is 1.21 bits per heavy atom. The number of aromatic nitrogens is 3. The summed E-state index contributed by atoms with van der Waals surface area (Å²) < 4.78 is 0. The number of aryl methyl sites for hydroxylation is 2. The SMILES string of the molecule is CCCc1cc(=O)[nH]c(SCc2csc(CC(=O)Nc3ccc(C)cc3)n2)n1. The van der Waals surface area contributed by atoms with E-state index in [1.807, 2.05) is 36.6 Å². The molecule has 0 atom stereocenters. The van der Waals surface area contributed by atoms with Crippen molar-refractivity contribution in [1.29, 1.82) is 0 Å². The van der Waals surface area contributed by atoms with Gasteiger partial charge in [0, 0.05) is 28.6 Å². The monoisotopic (exact) mass is 414 g/mol. The molecule has 1 amide bonds. The van der Waals surface area contributed by atoms with Gasteiger partial charge in [0.25, 0.3) is 5.56 Å². The summed E-state index contributed by atoms with van der Waals surface area (Å²) in [5, 5.41) is 6.19. The molecule has 6 nitrogen and oxygen atoms in total. The first-order valence-corrected chi connectivity index (χ1v) is 10.9. The van der Waals surface area contributed by atoms with Crippen molar-refractivity contribution in [1.82, 2.24) is 15.0 Å². The zero-order valence-electron chi connectivity index (χ0n) is 15.8. The second-order valence-corrected chi connectivity index (χ2v) is 8.31. The van der Waals surface area contributed by atoms with Gasteiger partial charge in [-0.2, -0.15) is 0 Å². The van der Waals surface area contributed by atoms with Crippen molar-refractivity contribution in [3.05, 3.63) is 68.0 Å². The molecule has 8 heteroatoms. The van der Waals surface area contributed by atoms with Crippen LogP contribution in [-0.2, 0) is 23.4 Å². The number of hydrogen-bond donors (Lipinski definition) is 2. The van der Waals surface area contributed by atoms with Gasteiger partial charge >= 0.3 is 0 Å². The van der Waals surface area contributed by atoms with Crippen molar-refractivity contribution in [3.8, 4) is 0 Å². The molecular weight excluding hydrogens is 392 g/mol. The van der Waals surface area contributed by atoms with Gasteiger partial charge in [-0.05, 0) is 25.5 Å². The third-order valence-electron chi connectivity index (χ3n) is 3.88. The Morgan fingerprint density at radius 2 is 2.00 bits per heavy atom. The maximum absolute atomic E-state index is 12.2. The van der Waals surface area contributed by atoms with Crippen molar-refractivity contribution in [2.75, 3.05) is 5.32 Å². The van der Waals surface area contributed by atoms with E-state index in [4.69, 9.17) is 0 Å². The van der Waals surface area contributed by atoms with E-state index >= 15 is 0 Å². The fraction of sp³-hybridized carbons (Fsp3) is 0.300. The molecule has 0 saturated heterocycles. The van der Waals surface area contributed by atoms with Gasteiger partial charge in [0.2, 0.25) is 5.91 Å². The highest BCUT2D eigenvalue weighted by Crippen LogP contribution is 2.21. The number of rotatable bonds is 8. The smallest absolute Gasteiger partial charge is 0.251 e. The summed E-state index contributed by atoms with van der Waals surface area (Å²) in [5.41, 5.74) is 3.48. The van der Waals surface area contributed by atoms with Crippen LogP contribution in [0, 0.1) is 6.92 Å². The second kappa shape index (κ2) is 9.66. The lowest BCUT2D eigenvalue weighted by atomic mass is 10.2. The highest BCUT2D eigenvalue weighted by Gasteiger charge is 2.10. The van der Waals surface area contributed by atoms with Crippen LogP contribution in [-0.4, -0.2) is 20.9 Å². The number of thiazole rings is 1. The minimum absolute atomic E-state index is 0.0873. The van der Waals surface area contributed by atoms with Crippen LogP contribution in [0.5, 0.6) is 0 Å². The average Bonchev–Trinajstić information content (AvgIpc) is 3.09. The first kappa shape index (κ1) is 20.3. The highest BCUT2D eigenvalue weighted by molar-refractivity contribution is 7.98. The predicted octanol–water partition coefficient (Wildman–Crippen LogP) is 3.96. The number of benzene rings is 1. The normalized spacial score (nSPS) is 10.8. The Kier molecular flexibility index (Phi) is 7.00. The summed E-state index contributed by atoms with van der Waals surface area (Å²) in [6.07, 6.45) is 1.97. The average molecular weight is 415 g/mol. The van der Waals surface area contributed by atoms with E-state index in [9.17, 15) is 9.59 Å². The topological polar surface area (TPSA) is 87.7 Å². The van der Waals surface area contributed by atoms with Gasteiger partial charge in [-0.3, -0.25) is 9.59 Å². The van der Waals surface area contributed by atoms with Crippen molar-refractivity contribution in [2.24, 2.45) is 0 Å². The summed E-state index contributed by atoms with van der Waals surface area (Å²) in [6.45, 7) is 4.06. The quantitative estimate of drug-likeness (QED) is 0.430. The fourth-order valence-corrected chi connectivity index (χ4v) is 4.24. The molecule has 3 rings (SSSR count). The number of carbonyl (C=O) groups is 1. The molecule has 0 aliphatic carbocycles. The molecule has 3 aromatic rings. The van der Waals surface area contributed by atoms with Gasteiger partial charge in [0.15, 0.2) is 5.16 Å². The first-order valence-electron chi connectivity index (χ1n) is 9.04. The van der Waals surface area contributed by atoms with Crippen molar-refractivity contribution < 1.29 is 4.79 Å². The lowest BCUT2D eigenvalue weighted by molar-refractivity contribution is -0.115. The fourth-order valence-electron chi connectivity index (χ4n) is 2.55. The maximum atomic E-state index is 12.2. The van der Waals surface area contributed by atoms with Gasteiger partial charge < -0.3 is 10.3 Å². The molecule has 0 radical (unpaired) electrons. The van der Waals surface area contributed by atoms with Crippen LogP contribution in [0.1, 0.15) is 35.3 Å². The molecule has 0 fully saturated rings. The van der Waals surface area contributed by atoms with Gasteiger partial charge in [-0.25, -0.2) is 9.97 Å². The Morgan fingerprint density at radius 3 is 2.75 bits per heavy atom. The third kappa shape index (κ3) is 6.03. The van der Waals surface area contributed by atoms with Crippen LogP contribution >= 0.6 is 23.1 Å². The minimum Gasteiger partial charge on any atom is -0.326 e. The van der Waals surface area contributed by atoms with E-state index in [-0.39, 0.29) is 17.9 Å². The molecule has 0 bridgehead atoms. The number of nitrogens with zero attached hydrogens (tertiary/aromatic N) is 2. The summed E-state index contributed by atoms with van der Waals surface area (Å²) >= 11 is 2.90. The highest BCUT2D eigenvalue weighted by atomic mass is 32.2. The van der Waals surface area contributed by atoms with E-state index in [1.54, 1.807) is 6.07 Å². The molecule has 0 aliphatic rings. The number of thioether (sulfide) groups is 1. The number of nitrogens with one attached hydrogen (secondary N) is 2. The lowest BCUT2D eigenvalue weighted by Gasteiger charge is -2.04. The molecular formula is C20H22N4O2S2. The number of anilines is 1. The lowest BCUT2D eigenvalue weighted by Crippen LogP contribution is -2.14. The van der Waals surface area contributed by atoms with Crippen LogP contribution in [0.15, 0.2) is 45.7 Å². The Labute approximate surface area is 171 Å². The van der Waals surface area contributed by atoms with Crippen molar-refractivity contribution in [3.63, 3.8) is 0 Å². The van der Waals surface area contributed by atoms with Crippen LogP contribution < -0.4 is 10.9 Å². The Balaban J connectivity index is 1.54. The number of hydrogen-bond acceptors (Lipinski definition) is 6. The van der Waals surface area contributed by atoms with E-state index < -0.39 is 0 Å². The summed E-state index contributed by atoms with van der Waals surface area (Å²) in [5.74, 6) is 0.505. The standard InChI is InChI=1S/C20H22N4O2S2/c1-3-4-15-9-17(25)24-20(23-15)28-12-16-11-27-19(22-16)10-18(26)21-14-7-5-13(2)6-8-14/h5-9,11H,3-4,10,12H2,1-2H3,(H,21,26)(H,23,24,25). The van der Waals surface area contributed by atoms with Crippen LogP contribution in [0.25, 0.3) is 0 Å². The van der Waals surface area contributed by atoms with Gasteiger partial charge in [0.05, 0.1) is 12.1 Å². The molecule has 2 N–H and O–H groups in total. The van der Waals surface area contributed by atoms with Crippen molar-refractivity contribution in [2.45, 2.75) is 44.0 Å². The van der Waals surface area contributed by atoms with Crippen LogP contribution in [0.4, 0.5) is 5.69 Å². The number of amides is 1. The summed E-state index contributed by atoms with van der Waals surface area (Å²) in [6, 6.07) is 9.24. The summed E-state index contributed by atoms with van der Waals surface area (Å²) in [7, 11) is 0. The maximum Gasteiger partial charge on any atom is 0.251 e. The number of H-pyrrole nitrogens is 1. The largest absolute Gasteiger partial charge is 0.326 e. The zero-order valence-corrected chi connectivity index (χ0v) is 17.5. The molecule has 0 saturated carbocycles. The predicted molar refractivity (Wildman–Crippen MR) is 114 cm³/mol. The van der Waals surface area contributed by atoms with Gasteiger partial charge in [-0.15, -0.1) is 11.3 Å². The Hall–Kier alpha value is -2.45. The molecule has 0 unspecified atom stereocenters. The van der Waals surface area contributed by atoms with E-state index in [0.717, 1.165) is 40.5 Å². The number of carbonyl (C=O) groups excluding carboxylic acids is 1. The molecule has 1 aromatic carbocycles. The van der Waals surface area contributed by atoms with Gasteiger partial charge in [-0.1, -0.05) is 42.8 Å². The van der Waals surface area contributed by atoms with Crippen molar-refractivity contribution >= 4 is 34.7 Å². The zero-order chi connectivity index (χ0) is 19.9. The molecule has 146 valence electrons. The van der Waals surface area contributed by atoms with E-state index in [2.05, 4.69) is 27.2 Å². The molecule has 28 heavy (non-hydrogen) atoms. The van der Waals surface area contributed by atoms with Crippen LogP contribution in [0.3, 0.4) is 0 Å². The molecule has 2 aromatic heterocycles. The summed E-state index contributed by atoms with van der Waals surface area (Å²) in [4.78, 5) is 35.7. The molecule has 0 aliphatic heterocycles. The minimum atomic E-state index is -0.132. The van der Waals surface area contributed by atoms with E-state index in [1.165, 1.54) is 23.1 Å². The Bertz CT molecular complexity index is 996. The first-order chi connectivity index (χ1) is 13.5. The van der Waals surface area contributed by atoms with Crippen LogP contribution in [0.2, 0.25) is 0 Å². The van der Waals surface area contributed by atoms with Gasteiger partial charge in [0.1, 0.15) is 5.01 Å². The van der Waals surface area contributed by atoms with E-state index in [0.29, 0.717) is 10.9 Å². The second-order valence-electron chi connectivity index (χ2n) is 6.40. The third-order valence-corrected chi connectivity index (χ3v) is 5.69.